The van der Waals surface area contributed by atoms with Crippen molar-refractivity contribution >= 4 is 23.3 Å². The number of carbonyl (C=O) groups is 1. The van der Waals surface area contributed by atoms with Gasteiger partial charge in [0.15, 0.2) is 0 Å². The third-order valence-corrected chi connectivity index (χ3v) is 3.72. The summed E-state index contributed by atoms with van der Waals surface area (Å²) in [6.45, 7) is 0.936. The second kappa shape index (κ2) is 6.39. The van der Waals surface area contributed by atoms with Crippen molar-refractivity contribution in [2.24, 2.45) is 0 Å². The van der Waals surface area contributed by atoms with Gasteiger partial charge in [-0.1, -0.05) is 11.6 Å². The molecule has 1 N–H and O–H groups in total. The van der Waals surface area contributed by atoms with Gasteiger partial charge in [0.2, 0.25) is 0 Å². The zero-order valence-electron chi connectivity index (χ0n) is 11.7. The van der Waals surface area contributed by atoms with E-state index in [1.807, 2.05) is 0 Å². The quantitative estimate of drug-likeness (QED) is 0.907. The number of halogens is 1. The normalized spacial score (nSPS) is 22.1. The smallest absolute Gasteiger partial charge is 0.274 e. The van der Waals surface area contributed by atoms with Gasteiger partial charge in [0.05, 0.1) is 5.02 Å². The molecule has 0 aromatic carbocycles. The highest BCUT2D eigenvalue weighted by Gasteiger charge is 2.36. The number of aromatic nitrogens is 1. The highest BCUT2D eigenvalue weighted by atomic mass is 35.5. The monoisotopic (exact) mass is 299 g/mol. The molecule has 1 aliphatic rings. The van der Waals surface area contributed by atoms with Gasteiger partial charge in [-0.3, -0.25) is 4.79 Å². The fourth-order valence-electron chi connectivity index (χ4n) is 2.24. The van der Waals surface area contributed by atoms with Gasteiger partial charge in [-0.25, -0.2) is 4.98 Å². The van der Waals surface area contributed by atoms with Crippen LogP contribution in [0.5, 0.6) is 0 Å². The Morgan fingerprint density at radius 1 is 1.35 bits per heavy atom. The van der Waals surface area contributed by atoms with Gasteiger partial charge in [0, 0.05) is 34.4 Å². The van der Waals surface area contributed by atoms with Crippen LogP contribution in [0, 0.1) is 0 Å². The number of nitrogens with one attached hydrogen (secondary N) is 1. The molecule has 2 atom stereocenters. The molecule has 0 bridgehead atoms. The maximum absolute atomic E-state index is 12.5. The van der Waals surface area contributed by atoms with Crippen LogP contribution in [0.25, 0.3) is 0 Å². The molecule has 7 heteroatoms. The SMILES string of the molecule is CNc1ccc(Cl)c(C(=O)N2CC(OC)C(OC)C2)n1. The summed E-state index contributed by atoms with van der Waals surface area (Å²) in [6.07, 6.45) is -0.259. The number of amides is 1. The van der Waals surface area contributed by atoms with Crippen molar-refractivity contribution in [3.05, 3.63) is 22.8 Å². The summed E-state index contributed by atoms with van der Waals surface area (Å²) >= 11 is 6.07. The molecule has 1 amide bonds. The number of ether oxygens (including phenoxy) is 2. The van der Waals surface area contributed by atoms with E-state index in [2.05, 4.69) is 10.3 Å². The first kappa shape index (κ1) is 15.0. The Morgan fingerprint density at radius 2 is 1.95 bits per heavy atom. The third-order valence-electron chi connectivity index (χ3n) is 3.41. The highest BCUT2D eigenvalue weighted by Crippen LogP contribution is 2.22. The molecular formula is C13H18ClN3O3. The van der Waals surface area contributed by atoms with Crippen molar-refractivity contribution in [2.45, 2.75) is 12.2 Å². The zero-order chi connectivity index (χ0) is 14.7. The lowest BCUT2D eigenvalue weighted by atomic mass is 10.3. The molecule has 110 valence electrons. The predicted molar refractivity (Wildman–Crippen MR) is 76.3 cm³/mol. The minimum absolute atomic E-state index is 0.129. The van der Waals surface area contributed by atoms with Crippen LogP contribution in [0.15, 0.2) is 12.1 Å². The lowest BCUT2D eigenvalue weighted by molar-refractivity contribution is -0.00461. The van der Waals surface area contributed by atoms with Crippen LogP contribution in [-0.4, -0.2) is 62.4 Å². The molecule has 2 rings (SSSR count). The zero-order valence-corrected chi connectivity index (χ0v) is 12.5. The molecule has 2 heterocycles. The molecular weight excluding hydrogens is 282 g/mol. The first-order valence-corrected chi connectivity index (χ1v) is 6.67. The second-order valence-electron chi connectivity index (χ2n) is 4.54. The van der Waals surface area contributed by atoms with Crippen LogP contribution in [0.3, 0.4) is 0 Å². The fourth-order valence-corrected chi connectivity index (χ4v) is 2.43. The van der Waals surface area contributed by atoms with Gasteiger partial charge in [0.25, 0.3) is 5.91 Å². The topological polar surface area (TPSA) is 63.7 Å². The van der Waals surface area contributed by atoms with E-state index in [0.29, 0.717) is 23.9 Å². The Kier molecular flexibility index (Phi) is 4.80. The lowest BCUT2D eigenvalue weighted by Crippen LogP contribution is -2.31. The molecule has 1 aromatic heterocycles. The van der Waals surface area contributed by atoms with Crippen molar-refractivity contribution in [3.8, 4) is 0 Å². The Morgan fingerprint density at radius 3 is 2.45 bits per heavy atom. The molecule has 1 saturated heterocycles. The summed E-state index contributed by atoms with van der Waals surface area (Å²) in [6, 6.07) is 3.38. The van der Waals surface area contributed by atoms with E-state index < -0.39 is 0 Å². The van der Waals surface area contributed by atoms with E-state index in [9.17, 15) is 4.79 Å². The first-order valence-electron chi connectivity index (χ1n) is 6.29. The van der Waals surface area contributed by atoms with Gasteiger partial charge < -0.3 is 19.7 Å². The number of carbonyl (C=O) groups excluding carboxylic acids is 1. The Labute approximate surface area is 123 Å². The minimum Gasteiger partial charge on any atom is -0.377 e. The molecule has 1 aromatic rings. The number of hydrogen-bond donors (Lipinski definition) is 1. The standard InChI is InChI=1S/C13H18ClN3O3/c1-15-11-5-4-8(14)12(16-11)13(18)17-6-9(19-2)10(7-17)20-3/h4-5,9-10H,6-7H2,1-3H3,(H,15,16). The minimum atomic E-state index is -0.214. The fraction of sp³-hybridized carbons (Fsp3) is 0.538. The maximum Gasteiger partial charge on any atom is 0.274 e. The van der Waals surface area contributed by atoms with Crippen LogP contribution in [0.2, 0.25) is 5.02 Å². The van der Waals surface area contributed by atoms with Crippen molar-refractivity contribution in [3.63, 3.8) is 0 Å². The number of pyridine rings is 1. The number of rotatable bonds is 4. The van der Waals surface area contributed by atoms with Crippen LogP contribution in [-0.2, 0) is 9.47 Å². The molecule has 1 aliphatic heterocycles. The van der Waals surface area contributed by atoms with Crippen LogP contribution in [0.4, 0.5) is 5.82 Å². The van der Waals surface area contributed by atoms with Crippen molar-refractivity contribution < 1.29 is 14.3 Å². The van der Waals surface area contributed by atoms with E-state index in [1.165, 1.54) is 0 Å². The molecule has 6 nitrogen and oxygen atoms in total. The van der Waals surface area contributed by atoms with Crippen LogP contribution in [0.1, 0.15) is 10.5 Å². The van der Waals surface area contributed by atoms with E-state index in [4.69, 9.17) is 21.1 Å². The summed E-state index contributed by atoms with van der Waals surface area (Å²) in [4.78, 5) is 18.4. The number of nitrogens with zero attached hydrogens (tertiary/aromatic N) is 2. The highest BCUT2D eigenvalue weighted by molar-refractivity contribution is 6.33. The Hall–Kier alpha value is -1.37. The van der Waals surface area contributed by atoms with E-state index in [0.717, 1.165) is 0 Å². The van der Waals surface area contributed by atoms with E-state index in [-0.39, 0.29) is 23.8 Å². The van der Waals surface area contributed by atoms with Gasteiger partial charge in [-0.2, -0.15) is 0 Å². The average molecular weight is 300 g/mol. The number of hydrogen-bond acceptors (Lipinski definition) is 5. The summed E-state index contributed by atoms with van der Waals surface area (Å²) in [5.74, 6) is 0.386. The molecule has 0 spiro atoms. The predicted octanol–water partition coefficient (Wildman–Crippen LogP) is 1.26. The molecule has 20 heavy (non-hydrogen) atoms. The molecule has 0 radical (unpaired) electrons. The van der Waals surface area contributed by atoms with Gasteiger partial charge >= 0.3 is 0 Å². The van der Waals surface area contributed by atoms with Gasteiger partial charge in [0.1, 0.15) is 23.7 Å². The number of methoxy groups -OCH3 is 2. The van der Waals surface area contributed by atoms with Crippen LogP contribution < -0.4 is 5.32 Å². The number of anilines is 1. The third kappa shape index (κ3) is 2.87. The molecule has 0 saturated carbocycles. The Balaban J connectivity index is 2.20. The molecule has 0 aliphatic carbocycles. The second-order valence-corrected chi connectivity index (χ2v) is 4.94. The van der Waals surface area contributed by atoms with Gasteiger partial charge in [-0.15, -0.1) is 0 Å². The maximum atomic E-state index is 12.5. The molecule has 1 fully saturated rings. The van der Waals surface area contributed by atoms with Crippen LogP contribution >= 0.6 is 11.6 Å². The van der Waals surface area contributed by atoms with Gasteiger partial charge in [-0.05, 0) is 12.1 Å². The van der Waals surface area contributed by atoms with Crippen molar-refractivity contribution in [2.75, 3.05) is 39.7 Å². The van der Waals surface area contributed by atoms with E-state index >= 15 is 0 Å². The lowest BCUT2D eigenvalue weighted by Gasteiger charge is -2.16. The van der Waals surface area contributed by atoms with Crippen molar-refractivity contribution in [1.29, 1.82) is 0 Å². The van der Waals surface area contributed by atoms with E-state index in [1.54, 1.807) is 38.3 Å². The summed E-state index contributed by atoms with van der Waals surface area (Å²) in [5, 5.41) is 3.23. The molecule has 2 unspecified atom stereocenters. The Bertz CT molecular complexity index is 486. The largest absolute Gasteiger partial charge is 0.377 e. The first-order chi connectivity index (χ1) is 9.60. The number of likely N-dealkylation sites (tertiary alicyclic amines) is 1. The average Bonchev–Trinajstić information content (AvgIpc) is 2.90. The summed E-state index contributed by atoms with van der Waals surface area (Å²) in [5.41, 5.74) is 0.241. The summed E-state index contributed by atoms with van der Waals surface area (Å²) in [7, 11) is 4.96. The van der Waals surface area contributed by atoms with Crippen molar-refractivity contribution in [1.82, 2.24) is 9.88 Å². The summed E-state index contributed by atoms with van der Waals surface area (Å²) < 4.78 is 10.6.